The molecule has 3 aromatic rings. The number of aryl methyl sites for hydroxylation is 1. The van der Waals surface area contributed by atoms with Crippen molar-refractivity contribution in [3.63, 3.8) is 0 Å². The van der Waals surface area contributed by atoms with Gasteiger partial charge in [0, 0.05) is 25.2 Å². The SMILES string of the molecule is Cn1cc(-c2cn3nccc3c(O[C@@H]3CCCCN(C(=O)OC(C)(C)C)O3)n2)cn1. The molecule has 1 amide bonds. The zero-order valence-corrected chi connectivity index (χ0v) is 17.6. The van der Waals surface area contributed by atoms with E-state index in [1.54, 1.807) is 21.6 Å². The van der Waals surface area contributed by atoms with Crippen LogP contribution in [0.3, 0.4) is 0 Å². The highest BCUT2D eigenvalue weighted by Gasteiger charge is 2.29. The van der Waals surface area contributed by atoms with E-state index in [9.17, 15) is 4.79 Å². The highest BCUT2D eigenvalue weighted by atomic mass is 16.8. The lowest BCUT2D eigenvalue weighted by atomic mass is 10.2. The van der Waals surface area contributed by atoms with Crippen LogP contribution in [-0.4, -0.2) is 54.0 Å². The van der Waals surface area contributed by atoms with Gasteiger partial charge in [-0.1, -0.05) is 0 Å². The van der Waals surface area contributed by atoms with Crippen LogP contribution in [-0.2, 0) is 16.6 Å². The molecular weight excluding hydrogens is 388 g/mol. The normalized spacial score (nSPS) is 17.7. The predicted molar refractivity (Wildman–Crippen MR) is 107 cm³/mol. The number of rotatable bonds is 3. The van der Waals surface area contributed by atoms with Crippen molar-refractivity contribution in [2.45, 2.75) is 51.9 Å². The van der Waals surface area contributed by atoms with Crippen molar-refractivity contribution in [1.82, 2.24) is 29.4 Å². The molecule has 0 aliphatic carbocycles. The predicted octanol–water partition coefficient (Wildman–Crippen LogP) is 3.19. The number of amides is 1. The molecule has 1 saturated heterocycles. The first kappa shape index (κ1) is 20.1. The minimum absolute atomic E-state index is 0.380. The molecule has 160 valence electrons. The average molecular weight is 414 g/mol. The Kier molecular flexibility index (Phi) is 5.33. The van der Waals surface area contributed by atoms with Crippen LogP contribution in [0.25, 0.3) is 16.8 Å². The summed E-state index contributed by atoms with van der Waals surface area (Å²) >= 11 is 0. The maximum absolute atomic E-state index is 12.5. The van der Waals surface area contributed by atoms with Gasteiger partial charge in [0.05, 0.1) is 30.8 Å². The molecule has 0 radical (unpaired) electrons. The standard InChI is InChI=1S/C20H26N6O4/c1-20(2,3)29-19(27)26-10-6-5-7-17(30-26)28-18-16-8-9-21-25(16)13-15(23-18)14-11-22-24(4)12-14/h8-9,11-13,17H,5-7,10H2,1-4H3/t17-/m0/s1. The van der Waals surface area contributed by atoms with E-state index in [1.807, 2.05) is 46.3 Å². The molecule has 0 unspecified atom stereocenters. The van der Waals surface area contributed by atoms with Gasteiger partial charge in [-0.25, -0.2) is 19.1 Å². The molecule has 3 aromatic heterocycles. The van der Waals surface area contributed by atoms with E-state index in [2.05, 4.69) is 15.2 Å². The number of aromatic nitrogens is 5. The number of hydrogen-bond donors (Lipinski definition) is 0. The van der Waals surface area contributed by atoms with Gasteiger partial charge in [0.25, 0.3) is 0 Å². The molecule has 0 N–H and O–H groups in total. The molecule has 10 heteroatoms. The molecule has 0 bridgehead atoms. The Balaban J connectivity index is 1.58. The fourth-order valence-electron chi connectivity index (χ4n) is 3.14. The van der Waals surface area contributed by atoms with Gasteiger partial charge in [0.1, 0.15) is 11.1 Å². The fourth-order valence-corrected chi connectivity index (χ4v) is 3.14. The summed E-state index contributed by atoms with van der Waals surface area (Å²) in [5.74, 6) is 0.380. The first-order chi connectivity index (χ1) is 14.3. The van der Waals surface area contributed by atoms with Gasteiger partial charge in [-0.05, 0) is 39.7 Å². The lowest BCUT2D eigenvalue weighted by Crippen LogP contribution is -2.40. The van der Waals surface area contributed by atoms with Crippen LogP contribution >= 0.6 is 0 Å². The van der Waals surface area contributed by atoms with E-state index in [1.165, 1.54) is 5.06 Å². The van der Waals surface area contributed by atoms with Crippen molar-refractivity contribution in [1.29, 1.82) is 0 Å². The zero-order chi connectivity index (χ0) is 21.3. The second kappa shape index (κ2) is 7.94. The second-order valence-electron chi connectivity index (χ2n) is 8.23. The van der Waals surface area contributed by atoms with E-state index >= 15 is 0 Å². The topological polar surface area (TPSA) is 96.0 Å². The van der Waals surface area contributed by atoms with Gasteiger partial charge in [-0.3, -0.25) is 4.68 Å². The Morgan fingerprint density at radius 1 is 1.23 bits per heavy atom. The van der Waals surface area contributed by atoms with E-state index in [-0.39, 0.29) is 0 Å². The average Bonchev–Trinajstić information content (AvgIpc) is 3.24. The van der Waals surface area contributed by atoms with Crippen molar-refractivity contribution in [2.24, 2.45) is 7.05 Å². The molecule has 4 heterocycles. The summed E-state index contributed by atoms with van der Waals surface area (Å²) in [6, 6.07) is 1.82. The monoisotopic (exact) mass is 414 g/mol. The number of carbonyl (C=O) groups excluding carboxylic acids is 1. The second-order valence-corrected chi connectivity index (χ2v) is 8.23. The van der Waals surface area contributed by atoms with Crippen LogP contribution in [0.4, 0.5) is 4.79 Å². The minimum Gasteiger partial charge on any atom is -0.444 e. The maximum Gasteiger partial charge on any atom is 0.434 e. The number of fused-ring (bicyclic) bond motifs is 1. The molecule has 1 aliphatic heterocycles. The van der Waals surface area contributed by atoms with Gasteiger partial charge < -0.3 is 9.47 Å². The summed E-state index contributed by atoms with van der Waals surface area (Å²) in [5, 5.41) is 9.75. The van der Waals surface area contributed by atoms with Crippen molar-refractivity contribution >= 4 is 11.6 Å². The van der Waals surface area contributed by atoms with Crippen LogP contribution in [0, 0.1) is 0 Å². The smallest absolute Gasteiger partial charge is 0.434 e. The van der Waals surface area contributed by atoms with Crippen LogP contribution in [0.1, 0.15) is 40.0 Å². The van der Waals surface area contributed by atoms with Crippen molar-refractivity contribution in [3.8, 4) is 17.1 Å². The van der Waals surface area contributed by atoms with Gasteiger partial charge in [-0.15, -0.1) is 0 Å². The molecule has 10 nitrogen and oxygen atoms in total. The Morgan fingerprint density at radius 2 is 2.07 bits per heavy atom. The molecule has 1 aliphatic rings. The minimum atomic E-state index is -0.671. The van der Waals surface area contributed by atoms with E-state index in [4.69, 9.17) is 14.3 Å². The Hall–Kier alpha value is -3.14. The largest absolute Gasteiger partial charge is 0.444 e. The van der Waals surface area contributed by atoms with Gasteiger partial charge in [0.2, 0.25) is 12.2 Å². The molecule has 4 rings (SSSR count). The summed E-state index contributed by atoms with van der Waals surface area (Å²) in [6.07, 6.45) is 8.17. The first-order valence-electron chi connectivity index (χ1n) is 9.96. The molecule has 30 heavy (non-hydrogen) atoms. The van der Waals surface area contributed by atoms with Crippen LogP contribution in [0.5, 0.6) is 5.88 Å². The van der Waals surface area contributed by atoms with Crippen molar-refractivity contribution in [2.75, 3.05) is 6.54 Å². The molecule has 1 fully saturated rings. The summed E-state index contributed by atoms with van der Waals surface area (Å²) in [7, 11) is 1.85. The van der Waals surface area contributed by atoms with Crippen molar-refractivity contribution in [3.05, 3.63) is 30.9 Å². The van der Waals surface area contributed by atoms with Gasteiger partial charge in [-0.2, -0.15) is 15.3 Å². The Labute approximate surface area is 174 Å². The lowest BCUT2D eigenvalue weighted by molar-refractivity contribution is -0.231. The fraction of sp³-hybridized carbons (Fsp3) is 0.500. The van der Waals surface area contributed by atoms with Crippen LogP contribution in [0.2, 0.25) is 0 Å². The third-order valence-corrected chi connectivity index (χ3v) is 4.49. The Morgan fingerprint density at radius 3 is 2.80 bits per heavy atom. The quantitative estimate of drug-likeness (QED) is 0.649. The molecule has 1 atom stereocenters. The number of carbonyl (C=O) groups is 1. The molecule has 0 saturated carbocycles. The zero-order valence-electron chi connectivity index (χ0n) is 17.6. The Bertz CT molecular complexity index is 1040. The lowest BCUT2D eigenvalue weighted by Gasteiger charge is -2.27. The summed E-state index contributed by atoms with van der Waals surface area (Å²) in [4.78, 5) is 23.0. The third-order valence-electron chi connectivity index (χ3n) is 4.49. The summed E-state index contributed by atoms with van der Waals surface area (Å²) in [6.45, 7) is 5.91. The highest BCUT2D eigenvalue weighted by molar-refractivity contribution is 5.67. The summed E-state index contributed by atoms with van der Waals surface area (Å²) in [5.41, 5.74) is 1.62. The number of nitrogens with zero attached hydrogens (tertiary/aromatic N) is 6. The third kappa shape index (κ3) is 4.54. The van der Waals surface area contributed by atoms with Crippen LogP contribution < -0.4 is 4.74 Å². The molecular formula is C20H26N6O4. The van der Waals surface area contributed by atoms with E-state index in [0.29, 0.717) is 30.1 Å². The van der Waals surface area contributed by atoms with Crippen LogP contribution in [0.15, 0.2) is 30.9 Å². The number of hydroxylamine groups is 2. The van der Waals surface area contributed by atoms with E-state index < -0.39 is 18.0 Å². The highest BCUT2D eigenvalue weighted by Crippen LogP contribution is 2.26. The summed E-state index contributed by atoms with van der Waals surface area (Å²) < 4.78 is 15.0. The molecule has 0 spiro atoms. The van der Waals surface area contributed by atoms with Gasteiger partial charge >= 0.3 is 6.09 Å². The maximum atomic E-state index is 12.5. The van der Waals surface area contributed by atoms with E-state index in [0.717, 1.165) is 18.4 Å². The van der Waals surface area contributed by atoms with Gasteiger partial charge in [0.15, 0.2) is 0 Å². The first-order valence-corrected chi connectivity index (χ1v) is 9.96. The number of ether oxygens (including phenoxy) is 2. The number of hydrogen-bond acceptors (Lipinski definition) is 7. The van der Waals surface area contributed by atoms with Crippen molar-refractivity contribution < 1.29 is 19.1 Å². The molecule has 0 aromatic carbocycles.